The molecule has 1 saturated heterocycles. The molecule has 3 aromatic rings. The van der Waals surface area contributed by atoms with E-state index in [4.69, 9.17) is 5.73 Å². The number of aryl methyl sites for hydroxylation is 1. The summed E-state index contributed by atoms with van der Waals surface area (Å²) in [6, 6.07) is 10.9. The highest BCUT2D eigenvalue weighted by Crippen LogP contribution is 2.34. The molecule has 0 radical (unpaired) electrons. The van der Waals surface area contributed by atoms with Crippen LogP contribution in [0.4, 0.5) is 15.8 Å². The summed E-state index contributed by atoms with van der Waals surface area (Å²) >= 11 is 0. The van der Waals surface area contributed by atoms with Gasteiger partial charge in [-0.25, -0.2) is 4.39 Å². The van der Waals surface area contributed by atoms with Crippen LogP contribution in [0.5, 0.6) is 5.75 Å². The number of nitrogen functional groups attached to an aromatic ring is 1. The SMILES string of the molecule is Cc1ccc(-n2nc(-c3ccc(F)cc3)c(N3CCCCC3)c(N)c2=O)cc1O. The van der Waals surface area contributed by atoms with E-state index >= 15 is 0 Å². The summed E-state index contributed by atoms with van der Waals surface area (Å²) in [5.74, 6) is -0.281. The van der Waals surface area contributed by atoms with Crippen LogP contribution in [0.15, 0.2) is 47.3 Å². The summed E-state index contributed by atoms with van der Waals surface area (Å²) in [6.45, 7) is 3.34. The first-order valence-electron chi connectivity index (χ1n) is 9.69. The molecule has 29 heavy (non-hydrogen) atoms. The number of aromatic nitrogens is 2. The van der Waals surface area contributed by atoms with E-state index in [1.165, 1.54) is 22.9 Å². The second kappa shape index (κ2) is 7.58. The lowest BCUT2D eigenvalue weighted by Crippen LogP contribution is -2.35. The number of halogens is 1. The van der Waals surface area contributed by atoms with Crippen molar-refractivity contribution in [3.63, 3.8) is 0 Å². The number of phenols is 1. The summed E-state index contributed by atoms with van der Waals surface area (Å²) in [4.78, 5) is 15.2. The standard InChI is InChI=1S/C22H23FN4O2/c1-14-5-10-17(13-18(14)28)27-22(29)19(24)21(26-11-3-2-4-12-26)20(25-27)15-6-8-16(23)9-7-15/h5-10,13,28H,2-4,11-12,24H2,1H3. The van der Waals surface area contributed by atoms with Crippen molar-refractivity contribution < 1.29 is 9.50 Å². The van der Waals surface area contributed by atoms with Gasteiger partial charge in [0.25, 0.3) is 5.56 Å². The van der Waals surface area contributed by atoms with E-state index in [2.05, 4.69) is 10.00 Å². The van der Waals surface area contributed by atoms with E-state index in [0.717, 1.165) is 32.4 Å². The average molecular weight is 394 g/mol. The van der Waals surface area contributed by atoms with E-state index < -0.39 is 5.56 Å². The molecule has 1 aliphatic rings. The predicted molar refractivity (Wildman–Crippen MR) is 112 cm³/mol. The van der Waals surface area contributed by atoms with Crippen LogP contribution < -0.4 is 16.2 Å². The Kier molecular flexibility index (Phi) is 4.96. The van der Waals surface area contributed by atoms with Crippen LogP contribution >= 0.6 is 0 Å². The number of rotatable bonds is 3. The Labute approximate surface area is 168 Å². The van der Waals surface area contributed by atoms with Gasteiger partial charge in [0.1, 0.15) is 22.9 Å². The van der Waals surface area contributed by atoms with E-state index in [0.29, 0.717) is 28.2 Å². The summed E-state index contributed by atoms with van der Waals surface area (Å²) in [7, 11) is 0. The molecule has 0 saturated carbocycles. The highest BCUT2D eigenvalue weighted by atomic mass is 19.1. The molecule has 1 aromatic heterocycles. The number of anilines is 2. The maximum atomic E-state index is 13.5. The monoisotopic (exact) mass is 394 g/mol. The molecule has 0 aliphatic carbocycles. The van der Waals surface area contributed by atoms with Gasteiger partial charge in [0.2, 0.25) is 0 Å². The molecule has 2 heterocycles. The third-order valence-electron chi connectivity index (χ3n) is 5.33. The largest absolute Gasteiger partial charge is 0.508 e. The lowest BCUT2D eigenvalue weighted by Gasteiger charge is -2.31. The average Bonchev–Trinajstić information content (AvgIpc) is 2.73. The van der Waals surface area contributed by atoms with Gasteiger partial charge in [-0.2, -0.15) is 9.78 Å². The van der Waals surface area contributed by atoms with Crippen LogP contribution in [0.25, 0.3) is 16.9 Å². The molecule has 3 N–H and O–H groups in total. The van der Waals surface area contributed by atoms with Crippen LogP contribution in [-0.4, -0.2) is 28.0 Å². The van der Waals surface area contributed by atoms with Gasteiger partial charge in [0.05, 0.1) is 11.4 Å². The zero-order chi connectivity index (χ0) is 20.5. The van der Waals surface area contributed by atoms with Gasteiger partial charge in [0.15, 0.2) is 0 Å². The normalized spacial score (nSPS) is 14.2. The lowest BCUT2D eigenvalue weighted by molar-refractivity contribution is 0.470. The van der Waals surface area contributed by atoms with Crippen molar-refractivity contribution in [2.24, 2.45) is 0 Å². The zero-order valence-corrected chi connectivity index (χ0v) is 16.2. The van der Waals surface area contributed by atoms with E-state index in [1.807, 2.05) is 0 Å². The highest BCUT2D eigenvalue weighted by Gasteiger charge is 2.24. The molecule has 7 heteroatoms. The van der Waals surface area contributed by atoms with Crippen molar-refractivity contribution in [2.75, 3.05) is 23.7 Å². The lowest BCUT2D eigenvalue weighted by atomic mass is 10.1. The van der Waals surface area contributed by atoms with Gasteiger partial charge in [0, 0.05) is 24.7 Å². The summed E-state index contributed by atoms with van der Waals surface area (Å²) in [6.07, 6.45) is 3.16. The second-order valence-electron chi connectivity index (χ2n) is 7.35. The number of phenolic OH excluding ortho intramolecular Hbond substituents is 1. The Balaban J connectivity index is 1.96. The quantitative estimate of drug-likeness (QED) is 0.709. The van der Waals surface area contributed by atoms with Crippen LogP contribution in [0.3, 0.4) is 0 Å². The second-order valence-corrected chi connectivity index (χ2v) is 7.35. The summed E-state index contributed by atoms with van der Waals surface area (Å²) in [5.41, 5.74) is 8.88. The number of hydrogen-bond acceptors (Lipinski definition) is 5. The smallest absolute Gasteiger partial charge is 0.296 e. The molecular formula is C22H23FN4O2. The fourth-order valence-electron chi connectivity index (χ4n) is 3.68. The Hall–Kier alpha value is -3.35. The topological polar surface area (TPSA) is 84.4 Å². The maximum absolute atomic E-state index is 13.5. The molecule has 150 valence electrons. The molecule has 0 bridgehead atoms. The van der Waals surface area contributed by atoms with Crippen molar-refractivity contribution >= 4 is 11.4 Å². The Morgan fingerprint density at radius 2 is 1.76 bits per heavy atom. The molecule has 1 aliphatic heterocycles. The molecule has 1 fully saturated rings. The van der Waals surface area contributed by atoms with E-state index in [9.17, 15) is 14.3 Å². The number of aromatic hydroxyl groups is 1. The van der Waals surface area contributed by atoms with Crippen LogP contribution in [0, 0.1) is 12.7 Å². The van der Waals surface area contributed by atoms with Crippen molar-refractivity contribution in [1.29, 1.82) is 0 Å². The number of hydrogen-bond donors (Lipinski definition) is 2. The van der Waals surface area contributed by atoms with Crippen molar-refractivity contribution in [3.8, 4) is 22.7 Å². The van der Waals surface area contributed by atoms with Gasteiger partial charge < -0.3 is 15.7 Å². The van der Waals surface area contributed by atoms with Crippen molar-refractivity contribution in [3.05, 3.63) is 64.2 Å². The fraction of sp³-hybridized carbons (Fsp3) is 0.273. The zero-order valence-electron chi connectivity index (χ0n) is 16.2. The van der Waals surface area contributed by atoms with Crippen molar-refractivity contribution in [1.82, 2.24) is 9.78 Å². The van der Waals surface area contributed by atoms with Gasteiger partial charge in [-0.05, 0) is 62.1 Å². The number of nitrogens with two attached hydrogens (primary N) is 1. The van der Waals surface area contributed by atoms with Gasteiger partial charge >= 0.3 is 0 Å². The third kappa shape index (κ3) is 3.55. The molecule has 0 atom stereocenters. The van der Waals surface area contributed by atoms with Crippen molar-refractivity contribution in [2.45, 2.75) is 26.2 Å². The minimum atomic E-state index is -0.445. The van der Waals surface area contributed by atoms with Gasteiger partial charge in [-0.15, -0.1) is 0 Å². The molecule has 2 aromatic carbocycles. The Bertz CT molecular complexity index is 1100. The van der Waals surface area contributed by atoms with Gasteiger partial charge in [-0.1, -0.05) is 6.07 Å². The summed E-state index contributed by atoms with van der Waals surface area (Å²) in [5, 5.41) is 14.7. The molecule has 4 rings (SSSR count). The minimum absolute atomic E-state index is 0.0678. The predicted octanol–water partition coefficient (Wildman–Crippen LogP) is 3.63. The van der Waals surface area contributed by atoms with E-state index in [-0.39, 0.29) is 17.3 Å². The van der Waals surface area contributed by atoms with Crippen LogP contribution in [0.1, 0.15) is 24.8 Å². The number of nitrogens with zero attached hydrogens (tertiary/aromatic N) is 3. The fourth-order valence-corrected chi connectivity index (χ4v) is 3.68. The van der Waals surface area contributed by atoms with Crippen LogP contribution in [-0.2, 0) is 0 Å². The number of benzene rings is 2. The molecule has 0 unspecified atom stereocenters. The van der Waals surface area contributed by atoms with Gasteiger partial charge in [-0.3, -0.25) is 4.79 Å². The first-order valence-corrected chi connectivity index (χ1v) is 9.69. The molecule has 0 amide bonds. The first-order chi connectivity index (χ1) is 14.0. The van der Waals surface area contributed by atoms with Crippen LogP contribution in [0.2, 0.25) is 0 Å². The van der Waals surface area contributed by atoms with E-state index in [1.54, 1.807) is 31.2 Å². The first kappa shape index (κ1) is 19.0. The Morgan fingerprint density at radius 1 is 1.07 bits per heavy atom. The maximum Gasteiger partial charge on any atom is 0.296 e. The highest BCUT2D eigenvalue weighted by molar-refractivity contribution is 5.83. The molecular weight excluding hydrogens is 371 g/mol. The molecule has 6 nitrogen and oxygen atoms in total. The minimum Gasteiger partial charge on any atom is -0.508 e. The summed E-state index contributed by atoms with van der Waals surface area (Å²) < 4.78 is 14.7. The number of piperidine rings is 1. The molecule has 0 spiro atoms. The Morgan fingerprint density at radius 3 is 2.41 bits per heavy atom. The third-order valence-corrected chi connectivity index (χ3v) is 5.33.